The molecule has 4 N–H and O–H groups in total. The lowest BCUT2D eigenvalue weighted by Gasteiger charge is -2.23. The minimum Gasteiger partial charge on any atom is -0.497 e. The third-order valence-electron chi connectivity index (χ3n) is 4.73. The van der Waals surface area contributed by atoms with Gasteiger partial charge in [0, 0.05) is 22.8 Å². The van der Waals surface area contributed by atoms with Crippen LogP contribution in [0.4, 0.5) is 23.1 Å². The van der Waals surface area contributed by atoms with Crippen LogP contribution < -0.4 is 26.2 Å². The van der Waals surface area contributed by atoms with Crippen molar-refractivity contribution >= 4 is 46.6 Å². The molecule has 158 valence electrons. The van der Waals surface area contributed by atoms with E-state index in [1.807, 2.05) is 0 Å². The van der Waals surface area contributed by atoms with Crippen LogP contribution in [0, 0.1) is 0 Å². The SMILES string of the molecule is COc1ccc(Nc2nc3c(c(=O)[nH]2)C(C(=O)Nc2ccc(Cl)cc2)CC(=O)N3)cc1. The molecule has 0 fully saturated rings. The summed E-state index contributed by atoms with van der Waals surface area (Å²) in [6.07, 6.45) is -0.164. The van der Waals surface area contributed by atoms with Crippen molar-refractivity contribution < 1.29 is 14.3 Å². The molecule has 9 nitrogen and oxygen atoms in total. The molecular formula is C21H18ClN5O4. The van der Waals surface area contributed by atoms with Gasteiger partial charge in [-0.05, 0) is 48.5 Å². The van der Waals surface area contributed by atoms with Crippen LogP contribution in [0.1, 0.15) is 17.9 Å². The normalized spacial score (nSPS) is 14.9. The Morgan fingerprint density at radius 3 is 2.45 bits per heavy atom. The lowest BCUT2D eigenvalue weighted by molar-refractivity contribution is -0.123. The van der Waals surface area contributed by atoms with Crippen LogP contribution in [0.2, 0.25) is 5.02 Å². The number of benzene rings is 2. The lowest BCUT2D eigenvalue weighted by Crippen LogP contribution is -2.36. The number of carbonyl (C=O) groups excluding carboxylic acids is 2. The van der Waals surface area contributed by atoms with Crippen molar-refractivity contribution in [2.45, 2.75) is 12.3 Å². The molecule has 0 spiro atoms. The fourth-order valence-electron chi connectivity index (χ4n) is 3.23. The Hall–Kier alpha value is -3.85. The van der Waals surface area contributed by atoms with Crippen LogP contribution >= 0.6 is 11.6 Å². The number of hydrogen-bond acceptors (Lipinski definition) is 6. The van der Waals surface area contributed by atoms with Gasteiger partial charge in [-0.2, -0.15) is 4.98 Å². The van der Waals surface area contributed by atoms with Gasteiger partial charge in [0.25, 0.3) is 5.56 Å². The number of hydrogen-bond donors (Lipinski definition) is 4. The average molecular weight is 440 g/mol. The van der Waals surface area contributed by atoms with Gasteiger partial charge in [-0.3, -0.25) is 19.4 Å². The molecule has 2 heterocycles. The topological polar surface area (TPSA) is 125 Å². The Kier molecular flexibility index (Phi) is 5.59. The number of anilines is 4. The maximum atomic E-state index is 12.8. The summed E-state index contributed by atoms with van der Waals surface area (Å²) < 4.78 is 5.11. The standard InChI is InChI=1S/C21H18ClN5O4/c1-31-14-8-6-13(7-9-14)24-21-26-18-17(20(30)27-21)15(10-16(28)25-18)19(29)23-12-4-2-11(22)3-5-12/h2-9,15H,10H2,1H3,(H,23,29)(H3,24,25,26,27,28,30). The third-order valence-corrected chi connectivity index (χ3v) is 4.98. The molecule has 31 heavy (non-hydrogen) atoms. The number of aromatic nitrogens is 2. The first-order valence-corrected chi connectivity index (χ1v) is 9.72. The van der Waals surface area contributed by atoms with Crippen molar-refractivity contribution in [2.75, 3.05) is 23.1 Å². The number of carbonyl (C=O) groups is 2. The summed E-state index contributed by atoms with van der Waals surface area (Å²) in [5.41, 5.74) is 0.746. The highest BCUT2D eigenvalue weighted by Crippen LogP contribution is 2.30. The van der Waals surface area contributed by atoms with Gasteiger partial charge in [0.05, 0.1) is 18.6 Å². The quantitative estimate of drug-likeness (QED) is 0.483. The molecule has 1 atom stereocenters. The van der Waals surface area contributed by atoms with E-state index in [0.717, 1.165) is 0 Å². The van der Waals surface area contributed by atoms with Crippen molar-refractivity contribution in [2.24, 2.45) is 0 Å². The molecule has 0 radical (unpaired) electrons. The van der Waals surface area contributed by atoms with E-state index in [4.69, 9.17) is 16.3 Å². The van der Waals surface area contributed by atoms with Gasteiger partial charge in [-0.1, -0.05) is 11.6 Å². The van der Waals surface area contributed by atoms with Crippen LogP contribution in [-0.4, -0.2) is 28.9 Å². The Bertz CT molecular complexity index is 1190. The molecule has 0 aliphatic carbocycles. The van der Waals surface area contributed by atoms with Gasteiger partial charge in [-0.15, -0.1) is 0 Å². The fourth-order valence-corrected chi connectivity index (χ4v) is 3.35. The second-order valence-corrected chi connectivity index (χ2v) is 7.27. The zero-order valence-corrected chi connectivity index (χ0v) is 17.1. The molecule has 1 aromatic heterocycles. The van der Waals surface area contributed by atoms with Crippen LogP contribution in [0.3, 0.4) is 0 Å². The minimum absolute atomic E-state index is 0.0484. The molecule has 0 saturated carbocycles. The summed E-state index contributed by atoms with van der Waals surface area (Å²) in [5.74, 6) is -1.01. The van der Waals surface area contributed by atoms with Gasteiger partial charge < -0.3 is 20.7 Å². The second-order valence-electron chi connectivity index (χ2n) is 6.83. The van der Waals surface area contributed by atoms with E-state index < -0.39 is 23.3 Å². The molecule has 1 unspecified atom stereocenters. The molecule has 3 aromatic rings. The summed E-state index contributed by atoms with van der Waals surface area (Å²) in [7, 11) is 1.56. The maximum absolute atomic E-state index is 12.8. The van der Waals surface area contributed by atoms with E-state index in [9.17, 15) is 14.4 Å². The first-order valence-electron chi connectivity index (χ1n) is 9.34. The Labute approximate surface area is 181 Å². The minimum atomic E-state index is -0.981. The number of nitrogens with zero attached hydrogens (tertiary/aromatic N) is 1. The van der Waals surface area contributed by atoms with E-state index in [-0.39, 0.29) is 23.8 Å². The smallest absolute Gasteiger partial charge is 0.258 e. The summed E-state index contributed by atoms with van der Waals surface area (Å²) in [6.45, 7) is 0. The van der Waals surface area contributed by atoms with Crippen molar-refractivity contribution in [1.29, 1.82) is 0 Å². The fraction of sp³-hybridized carbons (Fsp3) is 0.143. The molecular weight excluding hydrogens is 422 g/mol. The van der Waals surface area contributed by atoms with Crippen LogP contribution in [0.15, 0.2) is 53.3 Å². The first kappa shape index (κ1) is 20.4. The molecule has 0 bridgehead atoms. The predicted octanol–water partition coefficient (Wildman–Crippen LogP) is 3.24. The van der Waals surface area contributed by atoms with Gasteiger partial charge in [0.2, 0.25) is 17.8 Å². The number of aromatic amines is 1. The van der Waals surface area contributed by atoms with Crippen molar-refractivity contribution in [3.05, 3.63) is 69.5 Å². The summed E-state index contributed by atoms with van der Waals surface area (Å²) >= 11 is 5.86. The summed E-state index contributed by atoms with van der Waals surface area (Å²) in [5, 5.41) is 8.77. The highest BCUT2D eigenvalue weighted by Gasteiger charge is 2.34. The Morgan fingerprint density at radius 1 is 1.10 bits per heavy atom. The molecule has 10 heteroatoms. The number of ether oxygens (including phenoxy) is 1. The number of halogens is 1. The van der Waals surface area contributed by atoms with Gasteiger partial charge >= 0.3 is 0 Å². The monoisotopic (exact) mass is 439 g/mol. The molecule has 4 rings (SSSR count). The highest BCUT2D eigenvalue weighted by atomic mass is 35.5. The van der Waals surface area contributed by atoms with Gasteiger partial charge in [0.15, 0.2) is 0 Å². The maximum Gasteiger partial charge on any atom is 0.258 e. The van der Waals surface area contributed by atoms with E-state index in [2.05, 4.69) is 25.9 Å². The summed E-state index contributed by atoms with van der Waals surface area (Å²) in [6, 6.07) is 13.5. The van der Waals surface area contributed by atoms with Crippen LogP contribution in [0.5, 0.6) is 5.75 Å². The van der Waals surface area contributed by atoms with Crippen LogP contribution in [0.25, 0.3) is 0 Å². The van der Waals surface area contributed by atoms with Crippen molar-refractivity contribution in [3.63, 3.8) is 0 Å². The van der Waals surface area contributed by atoms with Crippen molar-refractivity contribution in [3.8, 4) is 5.75 Å². The molecule has 1 aliphatic heterocycles. The van der Waals surface area contributed by atoms with Crippen molar-refractivity contribution in [1.82, 2.24) is 9.97 Å². The Morgan fingerprint density at radius 2 is 1.77 bits per heavy atom. The molecule has 2 amide bonds. The number of fused-ring (bicyclic) bond motifs is 1. The van der Waals surface area contributed by atoms with Gasteiger partial charge in [0.1, 0.15) is 11.6 Å². The van der Waals surface area contributed by atoms with Crippen LogP contribution in [-0.2, 0) is 9.59 Å². The number of H-pyrrole nitrogens is 1. The third kappa shape index (κ3) is 4.51. The predicted molar refractivity (Wildman–Crippen MR) is 117 cm³/mol. The first-order chi connectivity index (χ1) is 14.9. The van der Waals surface area contributed by atoms with E-state index >= 15 is 0 Å². The lowest BCUT2D eigenvalue weighted by atomic mass is 9.92. The largest absolute Gasteiger partial charge is 0.497 e. The van der Waals surface area contributed by atoms with E-state index in [1.54, 1.807) is 55.6 Å². The number of nitrogens with one attached hydrogen (secondary N) is 4. The zero-order chi connectivity index (χ0) is 22.0. The molecule has 1 aliphatic rings. The zero-order valence-electron chi connectivity index (χ0n) is 16.4. The Balaban J connectivity index is 1.60. The number of rotatable bonds is 5. The van der Waals surface area contributed by atoms with E-state index in [1.165, 1.54) is 0 Å². The second kappa shape index (κ2) is 8.49. The number of methoxy groups -OCH3 is 1. The molecule has 2 aromatic carbocycles. The van der Waals surface area contributed by atoms with Gasteiger partial charge in [-0.25, -0.2) is 0 Å². The average Bonchev–Trinajstić information content (AvgIpc) is 2.75. The van der Waals surface area contributed by atoms with E-state index in [0.29, 0.717) is 22.1 Å². The molecule has 0 saturated heterocycles. The summed E-state index contributed by atoms with van der Waals surface area (Å²) in [4.78, 5) is 44.7. The number of amides is 2. The highest BCUT2D eigenvalue weighted by molar-refractivity contribution is 6.30.